The molecule has 1 aliphatic rings. The Morgan fingerprint density at radius 2 is 1.92 bits per heavy atom. The molecule has 10 heteroatoms. The molecule has 0 spiro atoms. The van der Waals surface area contributed by atoms with Crippen LogP contribution < -0.4 is 4.90 Å². The number of benzene rings is 1. The van der Waals surface area contributed by atoms with Crippen LogP contribution in [0, 0.1) is 0 Å². The van der Waals surface area contributed by atoms with Gasteiger partial charge >= 0.3 is 6.01 Å². The van der Waals surface area contributed by atoms with Gasteiger partial charge in [0.15, 0.2) is 5.82 Å². The molecule has 2 aromatic rings. The number of aromatic nitrogens is 2. The van der Waals surface area contributed by atoms with Crippen LogP contribution in [0.1, 0.15) is 25.6 Å². The number of anilines is 1. The fourth-order valence-electron chi connectivity index (χ4n) is 2.53. The molecule has 1 fully saturated rings. The highest BCUT2D eigenvalue weighted by atomic mass is 79.9. The monoisotopic (exact) mass is 448 g/mol. The summed E-state index contributed by atoms with van der Waals surface area (Å²) in [6.45, 7) is 5.59. The van der Waals surface area contributed by atoms with Gasteiger partial charge in [-0.05, 0) is 18.2 Å². The molecule has 0 bridgehead atoms. The highest BCUT2D eigenvalue weighted by Crippen LogP contribution is 2.28. The first-order valence-electron chi connectivity index (χ1n) is 7.83. The van der Waals surface area contributed by atoms with Gasteiger partial charge in [0, 0.05) is 36.6 Å². The molecule has 0 radical (unpaired) electrons. The Morgan fingerprint density at radius 3 is 2.48 bits per heavy atom. The SMILES string of the molecule is CC(C)c1noc(N2CCN(S(=O)(=O)c3ccc(Br)cc3Cl)CC2)n1. The van der Waals surface area contributed by atoms with Crippen molar-refractivity contribution in [3.05, 3.63) is 33.5 Å². The standard InChI is InChI=1S/C15H18BrClN4O3S/c1-10(2)14-18-15(24-19-14)20-5-7-21(8-6-20)25(22,23)13-4-3-11(16)9-12(13)17/h3-4,9-10H,5-8H2,1-2H3. The lowest BCUT2D eigenvalue weighted by atomic mass is 10.2. The summed E-state index contributed by atoms with van der Waals surface area (Å²) < 4.78 is 33.1. The Kier molecular flexibility index (Phi) is 5.38. The molecule has 0 atom stereocenters. The molecule has 0 N–H and O–H groups in total. The van der Waals surface area contributed by atoms with E-state index in [9.17, 15) is 8.42 Å². The normalized spacial score (nSPS) is 16.6. The van der Waals surface area contributed by atoms with Crippen LogP contribution in [0.15, 0.2) is 32.1 Å². The minimum absolute atomic E-state index is 0.116. The van der Waals surface area contributed by atoms with E-state index in [-0.39, 0.29) is 15.8 Å². The van der Waals surface area contributed by atoms with Crippen LogP contribution in [-0.4, -0.2) is 49.0 Å². The maximum atomic E-state index is 12.8. The molecule has 1 aromatic carbocycles. The fraction of sp³-hybridized carbons (Fsp3) is 0.467. The average molecular weight is 450 g/mol. The van der Waals surface area contributed by atoms with E-state index >= 15 is 0 Å². The molecule has 25 heavy (non-hydrogen) atoms. The van der Waals surface area contributed by atoms with Crippen LogP contribution in [0.5, 0.6) is 0 Å². The highest BCUT2D eigenvalue weighted by Gasteiger charge is 2.31. The van der Waals surface area contributed by atoms with Gasteiger partial charge < -0.3 is 9.42 Å². The summed E-state index contributed by atoms with van der Waals surface area (Å²) in [6, 6.07) is 5.20. The number of nitrogens with zero attached hydrogens (tertiary/aromatic N) is 4. The first-order chi connectivity index (χ1) is 11.8. The lowest BCUT2D eigenvalue weighted by molar-refractivity contribution is 0.353. The molecule has 136 valence electrons. The molecular weight excluding hydrogens is 432 g/mol. The second kappa shape index (κ2) is 7.22. The predicted octanol–water partition coefficient (Wildman–Crippen LogP) is 3.12. The summed E-state index contributed by atoms with van der Waals surface area (Å²) in [7, 11) is -3.64. The minimum Gasteiger partial charge on any atom is -0.322 e. The Balaban J connectivity index is 1.72. The van der Waals surface area contributed by atoms with Gasteiger partial charge in [0.2, 0.25) is 10.0 Å². The van der Waals surface area contributed by atoms with Crippen LogP contribution >= 0.6 is 27.5 Å². The average Bonchev–Trinajstić information content (AvgIpc) is 3.05. The van der Waals surface area contributed by atoms with Gasteiger partial charge in [-0.25, -0.2) is 8.42 Å². The van der Waals surface area contributed by atoms with Crippen LogP contribution in [0.25, 0.3) is 0 Å². The second-order valence-corrected chi connectivity index (χ2v) is 9.28. The van der Waals surface area contributed by atoms with E-state index in [0.717, 1.165) is 4.47 Å². The fourth-order valence-corrected chi connectivity index (χ4v) is 4.97. The summed E-state index contributed by atoms with van der Waals surface area (Å²) in [5.74, 6) is 0.824. The zero-order valence-electron chi connectivity index (χ0n) is 13.8. The largest absolute Gasteiger partial charge is 0.324 e. The summed E-state index contributed by atoms with van der Waals surface area (Å²) >= 11 is 9.39. The molecule has 0 saturated carbocycles. The maximum absolute atomic E-state index is 12.8. The van der Waals surface area contributed by atoms with Crippen LogP contribution in [-0.2, 0) is 10.0 Å². The Bertz CT molecular complexity index is 863. The van der Waals surface area contributed by atoms with E-state index in [1.807, 2.05) is 18.7 Å². The van der Waals surface area contributed by atoms with Crippen LogP contribution in [0.3, 0.4) is 0 Å². The molecule has 1 aromatic heterocycles. The number of hydrogen-bond acceptors (Lipinski definition) is 6. The quantitative estimate of drug-likeness (QED) is 0.713. The first kappa shape index (κ1) is 18.6. The smallest absolute Gasteiger partial charge is 0.322 e. The van der Waals surface area contributed by atoms with E-state index in [1.165, 1.54) is 10.4 Å². The molecule has 3 rings (SSSR count). The summed E-state index contributed by atoms with van der Waals surface area (Å²) in [5.41, 5.74) is 0. The van der Waals surface area contributed by atoms with Gasteiger partial charge in [-0.3, -0.25) is 0 Å². The van der Waals surface area contributed by atoms with Gasteiger partial charge in [-0.15, -0.1) is 0 Å². The van der Waals surface area contributed by atoms with Crippen molar-refractivity contribution in [2.75, 3.05) is 31.1 Å². The van der Waals surface area contributed by atoms with Gasteiger partial charge in [-0.1, -0.05) is 46.5 Å². The number of rotatable bonds is 4. The number of piperazine rings is 1. The lowest BCUT2D eigenvalue weighted by Gasteiger charge is -2.32. The van der Waals surface area contributed by atoms with E-state index in [4.69, 9.17) is 16.1 Å². The summed E-state index contributed by atoms with van der Waals surface area (Å²) in [6.07, 6.45) is 0. The molecule has 0 aliphatic carbocycles. The maximum Gasteiger partial charge on any atom is 0.324 e. The summed E-state index contributed by atoms with van der Waals surface area (Å²) in [5, 5.41) is 4.15. The summed E-state index contributed by atoms with van der Waals surface area (Å²) in [4.78, 5) is 6.37. The van der Waals surface area contributed by atoms with Crippen molar-refractivity contribution in [2.45, 2.75) is 24.7 Å². The molecule has 7 nitrogen and oxygen atoms in total. The second-order valence-electron chi connectivity index (χ2n) is 6.06. The third kappa shape index (κ3) is 3.84. The molecule has 0 amide bonds. The minimum atomic E-state index is -3.64. The predicted molar refractivity (Wildman–Crippen MR) is 98.5 cm³/mol. The number of halogens is 2. The third-order valence-electron chi connectivity index (χ3n) is 3.97. The van der Waals surface area contributed by atoms with E-state index in [2.05, 4.69) is 26.1 Å². The number of hydrogen-bond donors (Lipinski definition) is 0. The van der Waals surface area contributed by atoms with Crippen LogP contribution in [0.2, 0.25) is 5.02 Å². The third-order valence-corrected chi connectivity index (χ3v) is 6.84. The van der Waals surface area contributed by atoms with Gasteiger partial charge in [0.05, 0.1) is 5.02 Å². The van der Waals surface area contributed by atoms with Gasteiger partial charge in [-0.2, -0.15) is 9.29 Å². The van der Waals surface area contributed by atoms with E-state index in [1.54, 1.807) is 12.1 Å². The molecular formula is C15H18BrClN4O3S. The lowest BCUT2D eigenvalue weighted by Crippen LogP contribution is -2.48. The Morgan fingerprint density at radius 1 is 1.24 bits per heavy atom. The molecule has 2 heterocycles. The number of sulfonamides is 1. The zero-order chi connectivity index (χ0) is 18.2. The van der Waals surface area contributed by atoms with Crippen molar-refractivity contribution in [1.82, 2.24) is 14.4 Å². The topological polar surface area (TPSA) is 79.5 Å². The van der Waals surface area contributed by atoms with E-state index in [0.29, 0.717) is 38.0 Å². The van der Waals surface area contributed by atoms with Crippen molar-refractivity contribution in [2.24, 2.45) is 0 Å². The van der Waals surface area contributed by atoms with E-state index < -0.39 is 10.0 Å². The molecule has 1 saturated heterocycles. The zero-order valence-corrected chi connectivity index (χ0v) is 17.0. The van der Waals surface area contributed by atoms with Crippen molar-refractivity contribution >= 4 is 43.6 Å². The van der Waals surface area contributed by atoms with Crippen molar-refractivity contribution < 1.29 is 12.9 Å². The van der Waals surface area contributed by atoms with Gasteiger partial charge in [0.1, 0.15) is 4.90 Å². The van der Waals surface area contributed by atoms with Crippen molar-refractivity contribution in [3.8, 4) is 0 Å². The van der Waals surface area contributed by atoms with Crippen molar-refractivity contribution in [3.63, 3.8) is 0 Å². The van der Waals surface area contributed by atoms with Gasteiger partial charge in [0.25, 0.3) is 0 Å². The molecule has 0 unspecified atom stereocenters. The Hall–Kier alpha value is -1.16. The highest BCUT2D eigenvalue weighted by molar-refractivity contribution is 9.10. The van der Waals surface area contributed by atoms with Crippen LogP contribution in [0.4, 0.5) is 6.01 Å². The first-order valence-corrected chi connectivity index (χ1v) is 10.4. The molecule has 1 aliphatic heterocycles. The Labute approximate surface area is 160 Å². The van der Waals surface area contributed by atoms with Crippen molar-refractivity contribution in [1.29, 1.82) is 0 Å².